The molecule has 0 aliphatic heterocycles. The number of amides is 1. The van der Waals surface area contributed by atoms with Gasteiger partial charge < -0.3 is 20.3 Å². The number of carbonyl (C=O) groups is 2. The molecular formula is C59H101NO5. The van der Waals surface area contributed by atoms with Gasteiger partial charge in [-0.1, -0.05) is 240 Å². The van der Waals surface area contributed by atoms with E-state index in [1.807, 2.05) is 6.08 Å². The number of hydrogen-bond acceptors (Lipinski definition) is 5. The molecule has 0 fully saturated rings. The minimum Gasteiger partial charge on any atom is -0.458 e. The van der Waals surface area contributed by atoms with Gasteiger partial charge in [-0.15, -0.1) is 0 Å². The minimum absolute atomic E-state index is 0.0624. The van der Waals surface area contributed by atoms with E-state index in [1.54, 1.807) is 6.08 Å². The van der Waals surface area contributed by atoms with Gasteiger partial charge in [0.1, 0.15) is 6.10 Å². The summed E-state index contributed by atoms with van der Waals surface area (Å²) in [5.41, 5.74) is 0. The molecule has 0 aliphatic carbocycles. The standard InChI is InChI=1S/C59H101NO5/c1-4-7-10-13-16-19-22-25-27-29-30-33-35-38-41-44-47-50-55(65-59(64)52-49-46-43-40-37-34-31-28-26-23-20-17-14-11-8-5-2)53-58(63)60-56(54-61)57(62)51-48-45-42-39-36-32-24-21-18-15-12-9-6-3/h7,10,16,19,25,27-28,30-31,33-34,37-38,41,47,50,55-57,61-62H,4-6,8-9,11-15,17-18,20-24,26,29,32,35-36,39-40,42-46,48-49,51-54H2,1-3H3,(H,60,63)/b10-7-,19-16-,27-25-,31-28+,33-30-,37-34+,41-38-,50-47-. The zero-order chi connectivity index (χ0) is 47.4. The minimum atomic E-state index is -0.829. The van der Waals surface area contributed by atoms with Crippen molar-refractivity contribution in [2.45, 2.75) is 257 Å². The Morgan fingerprint density at radius 3 is 1.34 bits per heavy atom. The summed E-state index contributed by atoms with van der Waals surface area (Å²) in [6, 6.07) is -0.754. The molecule has 0 radical (unpaired) electrons. The van der Waals surface area contributed by atoms with E-state index in [2.05, 4.69) is 111 Å². The number of hydrogen-bond donors (Lipinski definition) is 3. The Hall–Kier alpha value is -3.22. The zero-order valence-electron chi connectivity index (χ0n) is 42.3. The van der Waals surface area contributed by atoms with Crippen LogP contribution in [0.25, 0.3) is 0 Å². The highest BCUT2D eigenvalue weighted by Crippen LogP contribution is 2.15. The summed E-state index contributed by atoms with van der Waals surface area (Å²) < 4.78 is 5.82. The maximum absolute atomic E-state index is 13.2. The zero-order valence-corrected chi connectivity index (χ0v) is 42.3. The number of esters is 1. The van der Waals surface area contributed by atoms with Crippen LogP contribution in [0, 0.1) is 0 Å². The fourth-order valence-electron chi connectivity index (χ4n) is 7.59. The monoisotopic (exact) mass is 904 g/mol. The molecule has 0 aromatic rings. The van der Waals surface area contributed by atoms with Gasteiger partial charge in [0.25, 0.3) is 0 Å². The third kappa shape index (κ3) is 47.1. The lowest BCUT2D eigenvalue weighted by molar-refractivity contribution is -0.148. The van der Waals surface area contributed by atoms with Gasteiger partial charge in [0, 0.05) is 6.42 Å². The number of allylic oxidation sites excluding steroid dienone is 15. The number of unbranched alkanes of at least 4 members (excludes halogenated alkanes) is 22. The summed E-state index contributed by atoms with van der Waals surface area (Å²) >= 11 is 0. The van der Waals surface area contributed by atoms with Gasteiger partial charge in [-0.2, -0.15) is 0 Å². The third-order valence-electron chi connectivity index (χ3n) is 11.7. The third-order valence-corrected chi connectivity index (χ3v) is 11.7. The first-order valence-corrected chi connectivity index (χ1v) is 27.0. The fraction of sp³-hybridized carbons (Fsp3) is 0.695. The summed E-state index contributed by atoms with van der Waals surface area (Å²) in [5.74, 6) is -0.665. The molecule has 6 nitrogen and oxygen atoms in total. The molecule has 0 aromatic carbocycles. The van der Waals surface area contributed by atoms with Crippen LogP contribution in [0.1, 0.15) is 239 Å². The maximum Gasteiger partial charge on any atom is 0.306 e. The van der Waals surface area contributed by atoms with E-state index >= 15 is 0 Å². The van der Waals surface area contributed by atoms with E-state index in [4.69, 9.17) is 4.74 Å². The summed E-state index contributed by atoms with van der Waals surface area (Å²) in [4.78, 5) is 26.1. The van der Waals surface area contributed by atoms with E-state index in [-0.39, 0.29) is 24.9 Å². The Morgan fingerprint density at radius 1 is 0.492 bits per heavy atom. The van der Waals surface area contributed by atoms with Crippen molar-refractivity contribution < 1.29 is 24.5 Å². The molecule has 3 N–H and O–H groups in total. The molecule has 372 valence electrons. The molecule has 1 amide bonds. The molecule has 3 atom stereocenters. The topological polar surface area (TPSA) is 95.9 Å². The molecule has 0 saturated heterocycles. The molecule has 6 heteroatoms. The SMILES string of the molecule is CC/C=C\C/C=C\C/C=C\C/C=C\C/C=C\C/C=C\C(CC(=O)NC(CO)C(O)CCCCCCCCCCCCCCC)OC(=O)CCCCC/C=C/C=C/CCCCCCCCC. The van der Waals surface area contributed by atoms with Crippen LogP contribution >= 0.6 is 0 Å². The molecular weight excluding hydrogens is 803 g/mol. The van der Waals surface area contributed by atoms with Crippen molar-refractivity contribution in [3.05, 3.63) is 97.2 Å². The van der Waals surface area contributed by atoms with Crippen molar-refractivity contribution in [2.75, 3.05) is 6.61 Å². The van der Waals surface area contributed by atoms with Crippen molar-refractivity contribution in [3.8, 4) is 0 Å². The van der Waals surface area contributed by atoms with Crippen molar-refractivity contribution in [1.82, 2.24) is 5.32 Å². The lowest BCUT2D eigenvalue weighted by Crippen LogP contribution is -2.46. The number of ether oxygens (including phenoxy) is 1. The van der Waals surface area contributed by atoms with Crippen molar-refractivity contribution in [2.24, 2.45) is 0 Å². The lowest BCUT2D eigenvalue weighted by atomic mass is 10.0. The Kier molecular flexibility index (Phi) is 49.2. The second-order valence-electron chi connectivity index (χ2n) is 17.9. The van der Waals surface area contributed by atoms with Gasteiger partial charge >= 0.3 is 5.97 Å². The predicted molar refractivity (Wildman–Crippen MR) is 282 cm³/mol. The van der Waals surface area contributed by atoms with Crippen LogP contribution in [0.2, 0.25) is 0 Å². The molecule has 0 spiro atoms. The second kappa shape index (κ2) is 51.8. The molecule has 0 heterocycles. The maximum atomic E-state index is 13.2. The lowest BCUT2D eigenvalue weighted by Gasteiger charge is -2.23. The quantitative estimate of drug-likeness (QED) is 0.0245. The molecule has 0 saturated carbocycles. The highest BCUT2D eigenvalue weighted by Gasteiger charge is 2.23. The van der Waals surface area contributed by atoms with Crippen molar-refractivity contribution in [1.29, 1.82) is 0 Å². The highest BCUT2D eigenvalue weighted by molar-refractivity contribution is 5.78. The first-order valence-electron chi connectivity index (χ1n) is 27.0. The number of nitrogens with one attached hydrogen (secondary N) is 1. The first kappa shape index (κ1) is 61.8. The van der Waals surface area contributed by atoms with Gasteiger partial charge in [-0.3, -0.25) is 9.59 Å². The van der Waals surface area contributed by atoms with Crippen LogP contribution in [0.4, 0.5) is 0 Å². The number of aliphatic hydroxyl groups is 2. The van der Waals surface area contributed by atoms with E-state index < -0.39 is 18.2 Å². The van der Waals surface area contributed by atoms with E-state index in [9.17, 15) is 19.8 Å². The van der Waals surface area contributed by atoms with Crippen LogP contribution in [-0.4, -0.2) is 46.9 Å². The van der Waals surface area contributed by atoms with Gasteiger partial charge in [0.2, 0.25) is 5.91 Å². The summed E-state index contributed by atoms with van der Waals surface area (Å²) in [6.07, 6.45) is 69.3. The fourth-order valence-corrected chi connectivity index (χ4v) is 7.59. The van der Waals surface area contributed by atoms with E-state index in [0.29, 0.717) is 19.3 Å². The Balaban J connectivity index is 4.82. The molecule has 0 aromatic heterocycles. The molecule has 3 unspecified atom stereocenters. The van der Waals surface area contributed by atoms with Crippen molar-refractivity contribution in [3.63, 3.8) is 0 Å². The van der Waals surface area contributed by atoms with Gasteiger partial charge in [-0.05, 0) is 83.1 Å². The second-order valence-corrected chi connectivity index (χ2v) is 17.9. The Labute approximate surface area is 401 Å². The van der Waals surface area contributed by atoms with E-state index in [1.165, 1.54) is 109 Å². The smallest absolute Gasteiger partial charge is 0.306 e. The van der Waals surface area contributed by atoms with E-state index in [0.717, 1.165) is 83.5 Å². The van der Waals surface area contributed by atoms with Crippen LogP contribution in [0.3, 0.4) is 0 Å². The highest BCUT2D eigenvalue weighted by atomic mass is 16.5. The summed E-state index contributed by atoms with van der Waals surface area (Å²) in [6.45, 7) is 6.32. The summed E-state index contributed by atoms with van der Waals surface area (Å²) in [5, 5.41) is 23.7. The molecule has 0 rings (SSSR count). The first-order chi connectivity index (χ1) is 32.0. The number of aliphatic hydroxyl groups excluding tert-OH is 2. The van der Waals surface area contributed by atoms with Crippen LogP contribution in [-0.2, 0) is 14.3 Å². The molecule has 0 aliphatic rings. The predicted octanol–water partition coefficient (Wildman–Crippen LogP) is 16.5. The Bertz CT molecular complexity index is 1290. The molecule has 65 heavy (non-hydrogen) atoms. The number of carbonyl (C=O) groups excluding carboxylic acids is 2. The van der Waals surface area contributed by atoms with Gasteiger partial charge in [0.05, 0.1) is 25.2 Å². The normalized spacial score (nSPS) is 14.0. The van der Waals surface area contributed by atoms with Gasteiger partial charge in [-0.25, -0.2) is 0 Å². The van der Waals surface area contributed by atoms with Crippen molar-refractivity contribution >= 4 is 11.9 Å². The number of rotatable bonds is 47. The molecule has 0 bridgehead atoms. The average Bonchev–Trinajstić information content (AvgIpc) is 3.30. The summed E-state index contributed by atoms with van der Waals surface area (Å²) in [7, 11) is 0. The Morgan fingerprint density at radius 2 is 0.892 bits per heavy atom. The largest absolute Gasteiger partial charge is 0.458 e. The van der Waals surface area contributed by atoms with Crippen LogP contribution in [0.15, 0.2) is 97.2 Å². The average molecular weight is 904 g/mol. The van der Waals surface area contributed by atoms with Gasteiger partial charge in [0.15, 0.2) is 0 Å². The van der Waals surface area contributed by atoms with Crippen LogP contribution < -0.4 is 5.32 Å². The van der Waals surface area contributed by atoms with Crippen LogP contribution in [0.5, 0.6) is 0 Å².